The molecule has 0 radical (unpaired) electrons. The Bertz CT molecular complexity index is 672. The average molecular weight is 316 g/mol. The number of primary amides is 1. The van der Waals surface area contributed by atoms with Crippen molar-refractivity contribution in [2.45, 2.75) is 0 Å². The van der Waals surface area contributed by atoms with Crippen molar-refractivity contribution in [2.24, 2.45) is 5.73 Å². The van der Waals surface area contributed by atoms with E-state index < -0.39 is 5.91 Å². The van der Waals surface area contributed by atoms with Crippen LogP contribution < -0.4 is 11.1 Å². The summed E-state index contributed by atoms with van der Waals surface area (Å²) in [7, 11) is 0. The molecule has 7 heteroatoms. The highest BCUT2D eigenvalue weighted by atomic mass is 79.9. The van der Waals surface area contributed by atoms with E-state index in [0.29, 0.717) is 10.2 Å². The summed E-state index contributed by atoms with van der Waals surface area (Å²) in [6, 6.07) is 9.47. The number of amides is 1. The summed E-state index contributed by atoms with van der Waals surface area (Å²) in [4.78, 5) is 11.2. The van der Waals surface area contributed by atoms with Crippen molar-refractivity contribution in [2.75, 3.05) is 5.32 Å². The Morgan fingerprint density at radius 1 is 1.21 bits per heavy atom. The SMILES string of the molecule is N#CC(C#N)=C(C#N)Nc1ccc(Br)c(C(N)=O)c1. The van der Waals surface area contributed by atoms with E-state index in [2.05, 4.69) is 21.2 Å². The summed E-state index contributed by atoms with van der Waals surface area (Å²) in [6.45, 7) is 0. The van der Waals surface area contributed by atoms with Crippen LogP contribution in [-0.2, 0) is 0 Å². The van der Waals surface area contributed by atoms with Gasteiger partial charge < -0.3 is 11.1 Å². The molecule has 1 rings (SSSR count). The zero-order valence-electron chi connectivity index (χ0n) is 9.44. The van der Waals surface area contributed by atoms with Gasteiger partial charge in [-0.1, -0.05) is 0 Å². The Balaban J connectivity index is 3.22. The van der Waals surface area contributed by atoms with Crippen molar-refractivity contribution < 1.29 is 4.79 Å². The Labute approximate surface area is 117 Å². The first-order chi connectivity index (χ1) is 9.03. The standard InChI is InChI=1S/C12H6BrN5O/c13-10-2-1-8(3-9(10)12(17)19)18-11(6-16)7(4-14)5-15/h1-3,18H,(H2,17,19). The third kappa shape index (κ3) is 3.32. The maximum absolute atomic E-state index is 11.2. The molecule has 0 saturated heterocycles. The molecule has 0 aliphatic carbocycles. The van der Waals surface area contributed by atoms with Gasteiger partial charge in [-0.25, -0.2) is 0 Å². The maximum Gasteiger partial charge on any atom is 0.249 e. The van der Waals surface area contributed by atoms with Gasteiger partial charge in [0.1, 0.15) is 23.9 Å². The molecule has 0 aliphatic heterocycles. The van der Waals surface area contributed by atoms with Crippen LogP contribution >= 0.6 is 15.9 Å². The normalized spacial score (nSPS) is 8.53. The van der Waals surface area contributed by atoms with Crippen molar-refractivity contribution in [1.29, 1.82) is 15.8 Å². The minimum atomic E-state index is -0.640. The monoisotopic (exact) mass is 315 g/mol. The molecular weight excluding hydrogens is 310 g/mol. The lowest BCUT2D eigenvalue weighted by Gasteiger charge is -2.07. The fourth-order valence-electron chi connectivity index (χ4n) is 1.22. The minimum absolute atomic E-state index is 0.192. The number of nitriles is 3. The van der Waals surface area contributed by atoms with E-state index in [-0.39, 0.29) is 16.8 Å². The molecule has 0 spiro atoms. The fraction of sp³-hybridized carbons (Fsp3) is 0. The number of nitrogens with zero attached hydrogens (tertiary/aromatic N) is 3. The lowest BCUT2D eigenvalue weighted by molar-refractivity contribution is 0.0999. The molecule has 0 fully saturated rings. The molecule has 0 saturated carbocycles. The maximum atomic E-state index is 11.2. The molecule has 0 aliphatic rings. The average Bonchev–Trinajstić information content (AvgIpc) is 2.40. The number of benzene rings is 1. The van der Waals surface area contributed by atoms with Crippen molar-refractivity contribution in [3.05, 3.63) is 39.5 Å². The summed E-state index contributed by atoms with van der Waals surface area (Å²) in [5.41, 5.74) is 5.24. The van der Waals surface area contributed by atoms with Gasteiger partial charge >= 0.3 is 0 Å². The van der Waals surface area contributed by atoms with Crippen LogP contribution in [0.4, 0.5) is 5.69 Å². The molecule has 0 bridgehead atoms. The van der Waals surface area contributed by atoms with E-state index in [9.17, 15) is 4.79 Å². The molecule has 3 N–H and O–H groups in total. The van der Waals surface area contributed by atoms with Gasteiger partial charge in [-0.05, 0) is 34.1 Å². The summed E-state index contributed by atoms with van der Waals surface area (Å²) >= 11 is 3.16. The Morgan fingerprint density at radius 2 is 1.84 bits per heavy atom. The Kier molecular flexibility index (Phi) is 4.65. The van der Waals surface area contributed by atoms with Crippen LogP contribution in [0, 0.1) is 34.0 Å². The third-order valence-corrected chi connectivity index (χ3v) is 2.78. The predicted octanol–water partition coefficient (Wildman–Crippen LogP) is 1.78. The van der Waals surface area contributed by atoms with E-state index >= 15 is 0 Å². The molecule has 92 valence electrons. The number of rotatable bonds is 3. The highest BCUT2D eigenvalue weighted by molar-refractivity contribution is 9.10. The van der Waals surface area contributed by atoms with Crippen molar-refractivity contribution in [3.63, 3.8) is 0 Å². The smallest absolute Gasteiger partial charge is 0.249 e. The summed E-state index contributed by atoms with van der Waals surface area (Å²) in [6.07, 6.45) is 0. The van der Waals surface area contributed by atoms with E-state index in [1.807, 2.05) is 0 Å². The van der Waals surface area contributed by atoms with Crippen LogP contribution in [0.3, 0.4) is 0 Å². The van der Waals surface area contributed by atoms with Crippen LogP contribution in [0.2, 0.25) is 0 Å². The molecule has 0 heterocycles. The number of halogens is 1. The summed E-state index contributed by atoms with van der Waals surface area (Å²) < 4.78 is 0.508. The van der Waals surface area contributed by atoms with Gasteiger partial charge in [0, 0.05) is 10.2 Å². The van der Waals surface area contributed by atoms with E-state index in [0.717, 1.165) is 0 Å². The highest BCUT2D eigenvalue weighted by Gasteiger charge is 2.10. The van der Waals surface area contributed by atoms with E-state index in [1.54, 1.807) is 30.3 Å². The van der Waals surface area contributed by atoms with Crippen LogP contribution in [0.15, 0.2) is 33.9 Å². The van der Waals surface area contributed by atoms with Gasteiger partial charge in [-0.2, -0.15) is 15.8 Å². The topological polar surface area (TPSA) is 126 Å². The van der Waals surface area contributed by atoms with Crippen molar-refractivity contribution in [3.8, 4) is 18.2 Å². The third-order valence-electron chi connectivity index (χ3n) is 2.09. The predicted molar refractivity (Wildman–Crippen MR) is 70.1 cm³/mol. The number of nitrogens with two attached hydrogens (primary N) is 1. The number of anilines is 1. The lowest BCUT2D eigenvalue weighted by Crippen LogP contribution is -2.12. The molecule has 19 heavy (non-hydrogen) atoms. The number of allylic oxidation sites excluding steroid dienone is 2. The van der Waals surface area contributed by atoms with Gasteiger partial charge in [-0.15, -0.1) is 0 Å². The fourth-order valence-corrected chi connectivity index (χ4v) is 1.66. The number of carbonyl (C=O) groups is 1. The molecule has 0 aromatic heterocycles. The second-order valence-corrected chi connectivity index (χ2v) is 4.12. The van der Waals surface area contributed by atoms with Gasteiger partial charge in [0.2, 0.25) is 5.91 Å². The van der Waals surface area contributed by atoms with Gasteiger partial charge in [0.25, 0.3) is 0 Å². The molecule has 0 atom stereocenters. The number of carbonyl (C=O) groups excluding carboxylic acids is 1. The molecule has 0 unspecified atom stereocenters. The van der Waals surface area contributed by atoms with Gasteiger partial charge in [-0.3, -0.25) is 4.79 Å². The molecule has 1 aromatic carbocycles. The zero-order chi connectivity index (χ0) is 14.4. The number of hydrogen-bond donors (Lipinski definition) is 2. The van der Waals surface area contributed by atoms with Crippen LogP contribution in [0.25, 0.3) is 0 Å². The number of hydrogen-bond acceptors (Lipinski definition) is 5. The molecule has 1 amide bonds. The Morgan fingerprint density at radius 3 is 2.32 bits per heavy atom. The summed E-state index contributed by atoms with van der Waals surface area (Å²) in [5, 5.41) is 28.9. The zero-order valence-corrected chi connectivity index (χ0v) is 11.0. The molecule has 6 nitrogen and oxygen atoms in total. The van der Waals surface area contributed by atoms with E-state index in [4.69, 9.17) is 21.5 Å². The Hall–Kier alpha value is -2.82. The first kappa shape index (κ1) is 14.2. The molecular formula is C12H6BrN5O. The van der Waals surface area contributed by atoms with Crippen molar-refractivity contribution >= 4 is 27.5 Å². The second kappa shape index (κ2) is 6.20. The van der Waals surface area contributed by atoms with Crippen LogP contribution in [0.1, 0.15) is 10.4 Å². The first-order valence-corrected chi connectivity index (χ1v) is 5.63. The van der Waals surface area contributed by atoms with E-state index in [1.165, 1.54) is 6.07 Å². The van der Waals surface area contributed by atoms with Crippen LogP contribution in [0.5, 0.6) is 0 Å². The van der Waals surface area contributed by atoms with Gasteiger partial charge in [0.05, 0.1) is 5.56 Å². The van der Waals surface area contributed by atoms with Gasteiger partial charge in [0.15, 0.2) is 5.57 Å². The first-order valence-electron chi connectivity index (χ1n) is 4.84. The highest BCUT2D eigenvalue weighted by Crippen LogP contribution is 2.22. The number of nitrogens with one attached hydrogen (secondary N) is 1. The quantitative estimate of drug-likeness (QED) is 0.822. The summed E-state index contributed by atoms with van der Waals surface area (Å²) in [5.74, 6) is -0.640. The lowest BCUT2D eigenvalue weighted by atomic mass is 10.1. The minimum Gasteiger partial charge on any atom is -0.366 e. The largest absolute Gasteiger partial charge is 0.366 e. The second-order valence-electron chi connectivity index (χ2n) is 3.27. The molecule has 1 aromatic rings. The van der Waals surface area contributed by atoms with Crippen molar-refractivity contribution in [1.82, 2.24) is 0 Å². The van der Waals surface area contributed by atoms with Crippen LogP contribution in [-0.4, -0.2) is 5.91 Å².